The first kappa shape index (κ1) is 17.2. The molecule has 138 valence electrons. The molecule has 8 nitrogen and oxygen atoms in total. The Bertz CT molecular complexity index is 899. The second kappa shape index (κ2) is 7.55. The number of amides is 2. The number of nitrogens with zero attached hydrogens (tertiary/aromatic N) is 4. The predicted octanol–water partition coefficient (Wildman–Crippen LogP) is 2.70. The van der Waals surface area contributed by atoms with Crippen LogP contribution in [0.15, 0.2) is 59.4 Å². The molecule has 2 amide bonds. The highest BCUT2D eigenvalue weighted by Crippen LogP contribution is 2.30. The summed E-state index contributed by atoms with van der Waals surface area (Å²) in [5.74, 6) is 1.06. The molecule has 2 atom stereocenters. The first-order valence-electron chi connectivity index (χ1n) is 8.76. The Labute approximate surface area is 156 Å². The smallest absolute Gasteiger partial charge is 0.319 e. The summed E-state index contributed by atoms with van der Waals surface area (Å²) in [6.45, 7) is 0.706. The van der Waals surface area contributed by atoms with E-state index in [1.54, 1.807) is 12.4 Å². The Balaban J connectivity index is 1.38. The lowest BCUT2D eigenvalue weighted by Crippen LogP contribution is -2.39. The zero-order valence-electron chi connectivity index (χ0n) is 14.9. The molecule has 2 N–H and O–H groups in total. The number of hydrogen-bond donors (Lipinski definition) is 2. The molecule has 0 bridgehead atoms. The lowest BCUT2D eigenvalue weighted by molar-refractivity contribution is 0.243. The molecule has 2 unspecified atom stereocenters. The first-order valence-corrected chi connectivity index (χ1v) is 8.76. The molecule has 1 saturated heterocycles. The van der Waals surface area contributed by atoms with Crippen molar-refractivity contribution in [3.63, 3.8) is 0 Å². The minimum absolute atomic E-state index is 0.00236. The minimum atomic E-state index is -0.221. The molecular weight excluding hydrogens is 344 g/mol. The van der Waals surface area contributed by atoms with E-state index in [4.69, 9.17) is 4.52 Å². The maximum absolute atomic E-state index is 12.2. The maximum Gasteiger partial charge on any atom is 0.319 e. The zero-order valence-corrected chi connectivity index (χ0v) is 14.9. The third-order valence-electron chi connectivity index (χ3n) is 4.56. The number of benzene rings is 1. The van der Waals surface area contributed by atoms with Crippen LogP contribution in [0.2, 0.25) is 0 Å². The normalized spacial score (nSPS) is 19.7. The molecule has 0 spiro atoms. The monoisotopic (exact) mass is 364 g/mol. The predicted molar refractivity (Wildman–Crippen MR) is 99.9 cm³/mol. The van der Waals surface area contributed by atoms with Crippen molar-refractivity contribution in [2.24, 2.45) is 0 Å². The van der Waals surface area contributed by atoms with E-state index in [1.807, 2.05) is 49.5 Å². The number of likely N-dealkylation sites (tertiary alicyclic amines) is 1. The molecule has 8 heteroatoms. The summed E-state index contributed by atoms with van der Waals surface area (Å²) >= 11 is 0. The molecule has 0 saturated carbocycles. The van der Waals surface area contributed by atoms with E-state index in [-0.39, 0.29) is 18.1 Å². The number of anilines is 1. The van der Waals surface area contributed by atoms with Gasteiger partial charge in [0.15, 0.2) is 0 Å². The highest BCUT2D eigenvalue weighted by Gasteiger charge is 2.35. The number of carbonyl (C=O) groups excluding carboxylic acids is 1. The Morgan fingerprint density at radius 3 is 2.85 bits per heavy atom. The molecule has 27 heavy (non-hydrogen) atoms. The van der Waals surface area contributed by atoms with Crippen molar-refractivity contribution in [3.8, 4) is 11.4 Å². The van der Waals surface area contributed by atoms with Gasteiger partial charge >= 0.3 is 6.03 Å². The number of hydrogen-bond acceptors (Lipinski definition) is 6. The summed E-state index contributed by atoms with van der Waals surface area (Å²) in [7, 11) is 1.98. The quantitative estimate of drug-likeness (QED) is 0.739. The molecule has 2 aromatic heterocycles. The molecule has 1 aliphatic heterocycles. The summed E-state index contributed by atoms with van der Waals surface area (Å²) in [6.07, 6.45) is 4.10. The van der Waals surface area contributed by atoms with Gasteiger partial charge in [0.25, 0.3) is 0 Å². The molecule has 4 rings (SSSR count). The summed E-state index contributed by atoms with van der Waals surface area (Å²) in [5, 5.41) is 9.90. The number of para-hydroxylation sites is 1. The Morgan fingerprint density at radius 2 is 2.07 bits per heavy atom. The van der Waals surface area contributed by atoms with E-state index in [1.165, 1.54) is 0 Å². The number of rotatable bonds is 4. The molecule has 0 radical (unpaired) electrons. The van der Waals surface area contributed by atoms with E-state index in [2.05, 4.69) is 30.7 Å². The molecule has 0 aliphatic carbocycles. The van der Waals surface area contributed by atoms with Gasteiger partial charge in [0.2, 0.25) is 11.7 Å². The van der Waals surface area contributed by atoms with Gasteiger partial charge in [-0.3, -0.25) is 9.88 Å². The standard InChI is InChI=1S/C19H20N6O2/c1-25-12-15(22-19(26)21-14-7-3-2-4-8-14)10-16(25)18-23-17(24-27-18)13-6-5-9-20-11-13/h2-9,11,15-16H,10,12H2,1H3,(H2,21,22,26). The highest BCUT2D eigenvalue weighted by molar-refractivity contribution is 5.89. The van der Waals surface area contributed by atoms with E-state index in [0.717, 1.165) is 11.3 Å². The fourth-order valence-electron chi connectivity index (χ4n) is 3.25. The van der Waals surface area contributed by atoms with Crippen molar-refractivity contribution in [2.75, 3.05) is 18.9 Å². The van der Waals surface area contributed by atoms with Crippen molar-refractivity contribution in [2.45, 2.75) is 18.5 Å². The van der Waals surface area contributed by atoms with Gasteiger partial charge in [-0.05, 0) is 37.7 Å². The van der Waals surface area contributed by atoms with Gasteiger partial charge in [-0.15, -0.1) is 0 Å². The van der Waals surface area contributed by atoms with Gasteiger partial charge in [0.05, 0.1) is 6.04 Å². The van der Waals surface area contributed by atoms with Crippen LogP contribution in [-0.2, 0) is 0 Å². The van der Waals surface area contributed by atoms with Crippen LogP contribution < -0.4 is 10.6 Å². The average Bonchev–Trinajstić information content (AvgIpc) is 3.30. The van der Waals surface area contributed by atoms with Crippen LogP contribution in [0.4, 0.5) is 10.5 Å². The van der Waals surface area contributed by atoms with Crippen molar-refractivity contribution in [1.29, 1.82) is 0 Å². The summed E-state index contributed by atoms with van der Waals surface area (Å²) < 4.78 is 5.46. The lowest BCUT2D eigenvalue weighted by Gasteiger charge is -2.14. The molecule has 1 aliphatic rings. The van der Waals surface area contributed by atoms with Gasteiger partial charge in [0, 0.05) is 36.2 Å². The van der Waals surface area contributed by atoms with Crippen LogP contribution in [0.1, 0.15) is 18.4 Å². The average molecular weight is 364 g/mol. The SMILES string of the molecule is CN1CC(NC(=O)Nc2ccccc2)CC1c1nc(-c2cccnc2)no1. The summed E-state index contributed by atoms with van der Waals surface area (Å²) in [6, 6.07) is 12.8. The maximum atomic E-state index is 12.2. The molecular formula is C19H20N6O2. The second-order valence-electron chi connectivity index (χ2n) is 6.55. The minimum Gasteiger partial charge on any atom is -0.337 e. The number of pyridine rings is 1. The third kappa shape index (κ3) is 3.95. The highest BCUT2D eigenvalue weighted by atomic mass is 16.5. The van der Waals surface area contributed by atoms with Gasteiger partial charge in [0.1, 0.15) is 0 Å². The Kier molecular flexibility index (Phi) is 4.80. The van der Waals surface area contributed by atoms with Gasteiger partial charge in [-0.25, -0.2) is 4.79 Å². The van der Waals surface area contributed by atoms with Crippen LogP contribution in [0, 0.1) is 0 Å². The number of likely N-dealkylation sites (N-methyl/N-ethyl adjacent to an activating group) is 1. The number of aromatic nitrogens is 3. The topological polar surface area (TPSA) is 96.2 Å². The Hall–Kier alpha value is -3.26. The van der Waals surface area contributed by atoms with Crippen LogP contribution in [0.3, 0.4) is 0 Å². The van der Waals surface area contributed by atoms with Crippen LogP contribution >= 0.6 is 0 Å². The van der Waals surface area contributed by atoms with Crippen molar-refractivity contribution >= 4 is 11.7 Å². The van der Waals surface area contributed by atoms with E-state index < -0.39 is 0 Å². The number of carbonyl (C=O) groups is 1. The van der Waals surface area contributed by atoms with E-state index in [9.17, 15) is 4.79 Å². The molecule has 1 aromatic carbocycles. The second-order valence-corrected chi connectivity index (χ2v) is 6.55. The number of urea groups is 1. The van der Waals surface area contributed by atoms with Gasteiger partial charge in [-0.2, -0.15) is 4.98 Å². The van der Waals surface area contributed by atoms with Crippen molar-refractivity contribution < 1.29 is 9.32 Å². The fraction of sp³-hybridized carbons (Fsp3) is 0.263. The van der Waals surface area contributed by atoms with E-state index in [0.29, 0.717) is 24.7 Å². The molecule has 1 fully saturated rings. The lowest BCUT2D eigenvalue weighted by atomic mass is 10.1. The van der Waals surface area contributed by atoms with Crippen LogP contribution in [0.25, 0.3) is 11.4 Å². The van der Waals surface area contributed by atoms with Gasteiger partial charge < -0.3 is 15.2 Å². The van der Waals surface area contributed by atoms with Crippen molar-refractivity contribution in [3.05, 3.63) is 60.7 Å². The molecule has 3 heterocycles. The number of nitrogens with one attached hydrogen (secondary N) is 2. The molecule has 3 aromatic rings. The summed E-state index contributed by atoms with van der Waals surface area (Å²) in [5.41, 5.74) is 1.57. The van der Waals surface area contributed by atoms with Crippen LogP contribution in [-0.4, -0.2) is 45.7 Å². The van der Waals surface area contributed by atoms with Crippen LogP contribution in [0.5, 0.6) is 0 Å². The Morgan fingerprint density at radius 1 is 1.22 bits per heavy atom. The fourth-order valence-corrected chi connectivity index (χ4v) is 3.25. The van der Waals surface area contributed by atoms with Crippen molar-refractivity contribution in [1.82, 2.24) is 25.3 Å². The first-order chi connectivity index (χ1) is 13.2. The largest absolute Gasteiger partial charge is 0.337 e. The zero-order chi connectivity index (χ0) is 18.6. The van der Waals surface area contributed by atoms with Gasteiger partial charge in [-0.1, -0.05) is 23.4 Å². The summed E-state index contributed by atoms with van der Waals surface area (Å²) in [4.78, 5) is 22.9. The third-order valence-corrected chi connectivity index (χ3v) is 4.56. The van der Waals surface area contributed by atoms with E-state index >= 15 is 0 Å².